The van der Waals surface area contributed by atoms with Crippen molar-refractivity contribution in [2.45, 2.75) is 44.8 Å². The molecule has 0 bridgehead atoms. The minimum Gasteiger partial charge on any atom is -0.229 e. The molecule has 0 radical (unpaired) electrons. The molecule has 80 valence electrons. The number of unbranched alkanes of at least 4 members (excludes halogenated alkanes) is 2. The van der Waals surface area contributed by atoms with Crippen molar-refractivity contribution in [2.75, 3.05) is 11.1 Å². The maximum absolute atomic E-state index is 11.5. The Bertz CT molecular complexity index is 212. The van der Waals surface area contributed by atoms with Crippen LogP contribution in [-0.2, 0) is 9.84 Å². The third kappa shape index (κ3) is 5.68. The van der Waals surface area contributed by atoms with Crippen LogP contribution in [0.4, 0.5) is 0 Å². The summed E-state index contributed by atoms with van der Waals surface area (Å²) >= 11 is 3.32. The molecule has 0 heterocycles. The van der Waals surface area contributed by atoms with E-state index in [4.69, 9.17) is 0 Å². The van der Waals surface area contributed by atoms with E-state index in [-0.39, 0.29) is 5.25 Å². The van der Waals surface area contributed by atoms with E-state index in [1.54, 1.807) is 6.92 Å². The van der Waals surface area contributed by atoms with Gasteiger partial charge in [-0.05, 0) is 26.2 Å². The summed E-state index contributed by atoms with van der Waals surface area (Å²) in [6, 6.07) is 0. The molecule has 0 aliphatic rings. The molecule has 0 aromatic rings. The second-order valence-electron chi connectivity index (χ2n) is 3.34. The summed E-state index contributed by atoms with van der Waals surface area (Å²) in [6.07, 6.45) is 3.59. The van der Waals surface area contributed by atoms with E-state index in [0.29, 0.717) is 5.75 Å². The zero-order valence-electron chi connectivity index (χ0n) is 8.42. The maximum Gasteiger partial charge on any atom is 0.152 e. The molecular formula is C9H19BrO2S. The average molecular weight is 271 g/mol. The normalized spacial score (nSPS) is 14.4. The van der Waals surface area contributed by atoms with Crippen LogP contribution < -0.4 is 0 Å². The Hall–Kier alpha value is 0.430. The second-order valence-corrected chi connectivity index (χ2v) is 6.67. The molecule has 0 aliphatic carbocycles. The summed E-state index contributed by atoms with van der Waals surface area (Å²) in [5, 5.41) is 0.799. The van der Waals surface area contributed by atoms with Crippen molar-refractivity contribution in [1.82, 2.24) is 0 Å². The van der Waals surface area contributed by atoms with Gasteiger partial charge in [-0.15, -0.1) is 0 Å². The van der Waals surface area contributed by atoms with Crippen molar-refractivity contribution >= 4 is 25.8 Å². The standard InChI is InChI=1S/C9H19BrO2S/c1-3-9(2)13(11,12)8-6-4-5-7-10/h9H,3-8H2,1-2H3. The highest BCUT2D eigenvalue weighted by molar-refractivity contribution is 9.09. The Morgan fingerprint density at radius 2 is 1.85 bits per heavy atom. The maximum atomic E-state index is 11.5. The van der Waals surface area contributed by atoms with Crippen molar-refractivity contribution in [3.05, 3.63) is 0 Å². The van der Waals surface area contributed by atoms with Gasteiger partial charge in [0.25, 0.3) is 0 Å². The number of sulfone groups is 1. The summed E-state index contributed by atoms with van der Waals surface area (Å²) in [6.45, 7) is 3.71. The van der Waals surface area contributed by atoms with Crippen LogP contribution >= 0.6 is 15.9 Å². The largest absolute Gasteiger partial charge is 0.229 e. The van der Waals surface area contributed by atoms with Crippen molar-refractivity contribution < 1.29 is 8.42 Å². The van der Waals surface area contributed by atoms with E-state index in [9.17, 15) is 8.42 Å². The first kappa shape index (κ1) is 13.4. The highest BCUT2D eigenvalue weighted by atomic mass is 79.9. The summed E-state index contributed by atoms with van der Waals surface area (Å²) in [5.74, 6) is 0.356. The summed E-state index contributed by atoms with van der Waals surface area (Å²) in [4.78, 5) is 0. The minimum atomic E-state index is -2.81. The van der Waals surface area contributed by atoms with Crippen LogP contribution in [0, 0.1) is 0 Å². The van der Waals surface area contributed by atoms with E-state index < -0.39 is 9.84 Å². The Kier molecular flexibility index (Phi) is 7.05. The second kappa shape index (κ2) is 6.82. The van der Waals surface area contributed by atoms with Gasteiger partial charge in [0.2, 0.25) is 0 Å². The number of rotatable bonds is 7. The fourth-order valence-corrected chi connectivity index (χ4v) is 2.94. The van der Waals surface area contributed by atoms with Crippen molar-refractivity contribution in [1.29, 1.82) is 0 Å². The highest BCUT2D eigenvalue weighted by Crippen LogP contribution is 2.09. The van der Waals surface area contributed by atoms with Crippen LogP contribution in [0.3, 0.4) is 0 Å². The van der Waals surface area contributed by atoms with Crippen LogP contribution in [0.15, 0.2) is 0 Å². The third-order valence-corrected chi connectivity index (χ3v) is 5.23. The molecule has 0 fully saturated rings. The van der Waals surface area contributed by atoms with E-state index in [1.807, 2.05) is 6.92 Å². The molecule has 13 heavy (non-hydrogen) atoms. The van der Waals surface area contributed by atoms with Crippen molar-refractivity contribution in [2.24, 2.45) is 0 Å². The monoisotopic (exact) mass is 270 g/mol. The van der Waals surface area contributed by atoms with Gasteiger partial charge in [-0.2, -0.15) is 0 Å². The predicted molar refractivity (Wildman–Crippen MR) is 61.2 cm³/mol. The van der Waals surface area contributed by atoms with E-state index in [0.717, 1.165) is 31.0 Å². The quantitative estimate of drug-likeness (QED) is 0.527. The average Bonchev–Trinajstić information content (AvgIpc) is 2.11. The molecule has 1 unspecified atom stereocenters. The highest BCUT2D eigenvalue weighted by Gasteiger charge is 2.17. The number of halogens is 1. The molecule has 0 aliphatic heterocycles. The Morgan fingerprint density at radius 1 is 1.23 bits per heavy atom. The lowest BCUT2D eigenvalue weighted by molar-refractivity contribution is 0.576. The van der Waals surface area contributed by atoms with Gasteiger partial charge < -0.3 is 0 Å². The molecule has 2 nitrogen and oxygen atoms in total. The van der Waals surface area contributed by atoms with Crippen LogP contribution in [0.1, 0.15) is 39.5 Å². The lowest BCUT2D eigenvalue weighted by Gasteiger charge is -2.09. The van der Waals surface area contributed by atoms with E-state index >= 15 is 0 Å². The summed E-state index contributed by atoms with van der Waals surface area (Å²) in [7, 11) is -2.81. The summed E-state index contributed by atoms with van der Waals surface area (Å²) < 4.78 is 23.0. The molecule has 0 saturated carbocycles. The zero-order valence-corrected chi connectivity index (χ0v) is 10.8. The van der Waals surface area contributed by atoms with Crippen LogP contribution in [0.25, 0.3) is 0 Å². The van der Waals surface area contributed by atoms with Gasteiger partial charge in [0.15, 0.2) is 9.84 Å². The number of alkyl halides is 1. The van der Waals surface area contributed by atoms with Gasteiger partial charge in [-0.3, -0.25) is 0 Å². The van der Waals surface area contributed by atoms with Gasteiger partial charge in [0.05, 0.1) is 11.0 Å². The lowest BCUT2D eigenvalue weighted by Crippen LogP contribution is -2.20. The Balaban J connectivity index is 3.77. The molecule has 1 atom stereocenters. The van der Waals surface area contributed by atoms with Crippen LogP contribution in [0.2, 0.25) is 0 Å². The fraction of sp³-hybridized carbons (Fsp3) is 1.00. The lowest BCUT2D eigenvalue weighted by atomic mass is 10.3. The van der Waals surface area contributed by atoms with Crippen LogP contribution in [0.5, 0.6) is 0 Å². The van der Waals surface area contributed by atoms with Gasteiger partial charge in [-0.25, -0.2) is 8.42 Å². The van der Waals surface area contributed by atoms with Crippen molar-refractivity contribution in [3.63, 3.8) is 0 Å². The number of hydrogen-bond acceptors (Lipinski definition) is 2. The predicted octanol–water partition coefficient (Wildman–Crippen LogP) is 2.76. The van der Waals surface area contributed by atoms with Gasteiger partial charge in [0.1, 0.15) is 0 Å². The molecule has 4 heteroatoms. The van der Waals surface area contributed by atoms with Gasteiger partial charge in [-0.1, -0.05) is 29.3 Å². The molecule has 0 amide bonds. The SMILES string of the molecule is CCC(C)S(=O)(=O)CCCCCBr. The van der Waals surface area contributed by atoms with Gasteiger partial charge in [0, 0.05) is 5.33 Å². The minimum absolute atomic E-state index is 0.170. The van der Waals surface area contributed by atoms with E-state index in [1.165, 1.54) is 0 Å². The first-order valence-electron chi connectivity index (χ1n) is 4.82. The smallest absolute Gasteiger partial charge is 0.152 e. The topological polar surface area (TPSA) is 34.1 Å². The molecular weight excluding hydrogens is 252 g/mol. The van der Waals surface area contributed by atoms with Crippen molar-refractivity contribution in [3.8, 4) is 0 Å². The molecule has 0 aromatic carbocycles. The molecule has 0 spiro atoms. The Labute approximate surface area is 90.2 Å². The summed E-state index contributed by atoms with van der Waals surface area (Å²) in [5.41, 5.74) is 0. The van der Waals surface area contributed by atoms with Crippen LogP contribution in [-0.4, -0.2) is 24.8 Å². The molecule has 0 N–H and O–H groups in total. The van der Waals surface area contributed by atoms with E-state index in [2.05, 4.69) is 15.9 Å². The Morgan fingerprint density at radius 3 is 2.31 bits per heavy atom. The number of hydrogen-bond donors (Lipinski definition) is 0. The molecule has 0 aromatic heterocycles. The van der Waals surface area contributed by atoms with Gasteiger partial charge >= 0.3 is 0 Å². The molecule has 0 rings (SSSR count). The zero-order chi connectivity index (χ0) is 10.3. The third-order valence-electron chi connectivity index (χ3n) is 2.25. The first-order chi connectivity index (χ1) is 6.04. The fourth-order valence-electron chi connectivity index (χ4n) is 1.03. The first-order valence-corrected chi connectivity index (χ1v) is 7.65. The molecule has 0 saturated heterocycles.